The summed E-state index contributed by atoms with van der Waals surface area (Å²) in [4.78, 5) is 17.0. The number of aromatic hydroxyl groups is 1. The van der Waals surface area contributed by atoms with E-state index in [4.69, 9.17) is 23.2 Å². The number of carbonyl (C=O) groups excluding carboxylic acids is 1. The number of nitrogens with one attached hydrogen (secondary N) is 1. The van der Waals surface area contributed by atoms with Crippen molar-refractivity contribution in [2.24, 2.45) is 4.99 Å². The number of amides is 1. The number of aliphatic imine (C=N–C) groups is 1. The molecule has 0 atom stereocenters. The van der Waals surface area contributed by atoms with Crippen LogP contribution in [0.15, 0.2) is 49.2 Å². The molecule has 0 bridgehead atoms. The van der Waals surface area contributed by atoms with E-state index in [-0.39, 0.29) is 11.7 Å². The molecule has 1 fully saturated rings. The fourth-order valence-electron chi connectivity index (χ4n) is 1.97. The molecule has 3 rings (SSSR count). The Morgan fingerprint density at radius 3 is 2.44 bits per heavy atom. The molecule has 1 heterocycles. The molecule has 4 nitrogen and oxygen atoms in total. The number of carbonyl (C=O) groups is 1. The van der Waals surface area contributed by atoms with Gasteiger partial charge in [-0.15, -0.1) is 0 Å². The quantitative estimate of drug-likeness (QED) is 0.467. The molecular formula is C16H8Br2Cl2N2O2S. The molecule has 1 aliphatic heterocycles. The molecule has 128 valence electrons. The first-order valence-electron chi connectivity index (χ1n) is 6.76. The van der Waals surface area contributed by atoms with Crippen molar-refractivity contribution in [1.82, 2.24) is 5.32 Å². The third kappa shape index (κ3) is 4.41. The van der Waals surface area contributed by atoms with Gasteiger partial charge in [0.25, 0.3) is 5.91 Å². The summed E-state index contributed by atoms with van der Waals surface area (Å²) in [5.74, 6) is -0.142. The average molecular weight is 523 g/mol. The number of nitrogens with zero attached hydrogens (tertiary/aromatic N) is 1. The summed E-state index contributed by atoms with van der Waals surface area (Å²) < 4.78 is 1.06. The number of hydrogen-bond donors (Lipinski definition) is 2. The molecule has 0 aromatic heterocycles. The molecule has 0 saturated carbocycles. The highest BCUT2D eigenvalue weighted by Gasteiger charge is 2.24. The SMILES string of the molecule is O=C1NC(=Nc2ccc(Cl)c(Cl)c2)S/C1=C/c1cc(Br)c(O)c(Br)c1. The summed E-state index contributed by atoms with van der Waals surface area (Å²) in [5, 5.41) is 13.7. The van der Waals surface area contributed by atoms with Crippen molar-refractivity contribution in [3.05, 3.63) is 59.8 Å². The maximum absolute atomic E-state index is 12.1. The van der Waals surface area contributed by atoms with Crippen molar-refractivity contribution < 1.29 is 9.90 Å². The monoisotopic (exact) mass is 520 g/mol. The molecule has 25 heavy (non-hydrogen) atoms. The van der Waals surface area contributed by atoms with Crippen molar-refractivity contribution in [2.75, 3.05) is 0 Å². The van der Waals surface area contributed by atoms with Gasteiger partial charge in [-0.3, -0.25) is 4.79 Å². The highest BCUT2D eigenvalue weighted by Crippen LogP contribution is 2.36. The zero-order valence-corrected chi connectivity index (χ0v) is 17.7. The molecule has 0 spiro atoms. The second kappa shape index (κ2) is 7.72. The second-order valence-electron chi connectivity index (χ2n) is 4.91. The smallest absolute Gasteiger partial charge is 0.264 e. The van der Waals surface area contributed by atoms with Crippen molar-refractivity contribution in [3.63, 3.8) is 0 Å². The Morgan fingerprint density at radius 2 is 1.80 bits per heavy atom. The van der Waals surface area contributed by atoms with Crippen LogP contribution in [0.1, 0.15) is 5.56 Å². The third-order valence-corrected chi connectivity index (χ3v) is 5.98. The van der Waals surface area contributed by atoms with Crippen LogP contribution < -0.4 is 5.32 Å². The van der Waals surface area contributed by atoms with Gasteiger partial charge in [-0.1, -0.05) is 23.2 Å². The largest absolute Gasteiger partial charge is 0.506 e. The minimum atomic E-state index is -0.246. The Morgan fingerprint density at radius 1 is 1.12 bits per heavy atom. The lowest BCUT2D eigenvalue weighted by atomic mass is 10.2. The molecule has 1 aliphatic rings. The van der Waals surface area contributed by atoms with Crippen molar-refractivity contribution in [1.29, 1.82) is 0 Å². The Balaban J connectivity index is 1.87. The number of halogens is 4. The lowest BCUT2D eigenvalue weighted by Gasteiger charge is -2.02. The molecule has 2 aromatic carbocycles. The lowest BCUT2D eigenvalue weighted by molar-refractivity contribution is -0.115. The average Bonchev–Trinajstić information content (AvgIpc) is 2.88. The zero-order chi connectivity index (χ0) is 18.1. The van der Waals surface area contributed by atoms with Crippen molar-refractivity contribution in [2.45, 2.75) is 0 Å². The van der Waals surface area contributed by atoms with Gasteiger partial charge in [-0.2, -0.15) is 0 Å². The van der Waals surface area contributed by atoms with Gasteiger partial charge in [0, 0.05) is 0 Å². The van der Waals surface area contributed by atoms with Crippen LogP contribution in [-0.2, 0) is 4.79 Å². The molecule has 2 aromatic rings. The maximum atomic E-state index is 12.1. The highest BCUT2D eigenvalue weighted by molar-refractivity contribution is 9.11. The predicted molar refractivity (Wildman–Crippen MR) is 111 cm³/mol. The summed E-state index contributed by atoms with van der Waals surface area (Å²) in [6.45, 7) is 0. The van der Waals surface area contributed by atoms with Gasteiger partial charge >= 0.3 is 0 Å². The van der Waals surface area contributed by atoms with E-state index in [9.17, 15) is 9.90 Å². The predicted octanol–water partition coefficient (Wildman–Crippen LogP) is 6.12. The molecule has 0 radical (unpaired) electrons. The van der Waals surface area contributed by atoms with Gasteiger partial charge in [-0.05, 0) is 85.6 Å². The van der Waals surface area contributed by atoms with E-state index in [1.54, 1.807) is 36.4 Å². The lowest BCUT2D eigenvalue weighted by Crippen LogP contribution is -2.19. The Bertz CT molecular complexity index is 925. The maximum Gasteiger partial charge on any atom is 0.264 e. The van der Waals surface area contributed by atoms with Crippen LogP contribution in [0.2, 0.25) is 10.0 Å². The van der Waals surface area contributed by atoms with Crippen LogP contribution in [0.5, 0.6) is 5.75 Å². The fourth-order valence-corrected chi connectivity index (χ4v) is 4.33. The first kappa shape index (κ1) is 18.8. The van der Waals surface area contributed by atoms with E-state index in [0.29, 0.717) is 34.8 Å². The number of phenolic OH excluding ortho intramolecular Hbond substituents is 1. The van der Waals surface area contributed by atoms with Crippen molar-refractivity contribution in [3.8, 4) is 5.75 Å². The van der Waals surface area contributed by atoms with Crippen LogP contribution in [0, 0.1) is 0 Å². The van der Waals surface area contributed by atoms with E-state index in [0.717, 1.165) is 5.56 Å². The summed E-state index contributed by atoms with van der Waals surface area (Å²) >= 11 is 19.6. The fraction of sp³-hybridized carbons (Fsp3) is 0. The van der Waals surface area contributed by atoms with Crippen LogP contribution in [0.3, 0.4) is 0 Å². The molecule has 1 saturated heterocycles. The van der Waals surface area contributed by atoms with Crippen LogP contribution >= 0.6 is 66.8 Å². The molecule has 1 amide bonds. The molecule has 2 N–H and O–H groups in total. The number of phenols is 1. The number of benzene rings is 2. The van der Waals surface area contributed by atoms with E-state index < -0.39 is 0 Å². The van der Waals surface area contributed by atoms with Crippen LogP contribution in [0.4, 0.5) is 5.69 Å². The van der Waals surface area contributed by atoms with E-state index >= 15 is 0 Å². The van der Waals surface area contributed by atoms with Crippen LogP contribution in [0.25, 0.3) is 6.08 Å². The van der Waals surface area contributed by atoms with Gasteiger partial charge in [0.15, 0.2) is 5.17 Å². The number of rotatable bonds is 2. The van der Waals surface area contributed by atoms with E-state index in [1.165, 1.54) is 11.8 Å². The van der Waals surface area contributed by atoms with Crippen LogP contribution in [-0.4, -0.2) is 16.2 Å². The van der Waals surface area contributed by atoms with E-state index in [2.05, 4.69) is 42.2 Å². The van der Waals surface area contributed by atoms with Gasteiger partial charge in [0.05, 0.1) is 29.6 Å². The van der Waals surface area contributed by atoms with Gasteiger partial charge in [0.1, 0.15) is 5.75 Å². The topological polar surface area (TPSA) is 61.7 Å². The zero-order valence-electron chi connectivity index (χ0n) is 12.2. The molecule has 0 aliphatic carbocycles. The van der Waals surface area contributed by atoms with E-state index in [1.807, 2.05) is 0 Å². The standard InChI is InChI=1S/C16H8Br2Cl2N2O2S/c17-9-3-7(4-10(18)14(9)23)5-13-15(24)22-16(25-13)21-8-1-2-11(19)12(20)6-8/h1-6,23H,(H,21,22,24)/b13-5+. The summed E-state index contributed by atoms with van der Waals surface area (Å²) in [6.07, 6.45) is 1.71. The van der Waals surface area contributed by atoms with Gasteiger partial charge in [0.2, 0.25) is 0 Å². The molecular weight excluding hydrogens is 515 g/mol. The first-order chi connectivity index (χ1) is 11.8. The van der Waals surface area contributed by atoms with Gasteiger partial charge < -0.3 is 10.4 Å². The minimum Gasteiger partial charge on any atom is -0.506 e. The number of thioether (sulfide) groups is 1. The summed E-state index contributed by atoms with van der Waals surface area (Å²) in [6, 6.07) is 8.42. The normalized spacial score (nSPS) is 17.4. The van der Waals surface area contributed by atoms with Gasteiger partial charge in [-0.25, -0.2) is 4.99 Å². The second-order valence-corrected chi connectivity index (χ2v) is 8.47. The summed E-state index contributed by atoms with van der Waals surface area (Å²) in [7, 11) is 0. The first-order valence-corrected chi connectivity index (χ1v) is 9.92. The number of hydrogen-bond acceptors (Lipinski definition) is 4. The number of amidine groups is 1. The molecule has 0 unspecified atom stereocenters. The third-order valence-electron chi connectivity index (χ3n) is 3.12. The Hall–Kier alpha value is -0.990. The minimum absolute atomic E-state index is 0.104. The summed E-state index contributed by atoms with van der Waals surface area (Å²) in [5.41, 5.74) is 1.35. The highest BCUT2D eigenvalue weighted by atomic mass is 79.9. The Kier molecular flexibility index (Phi) is 5.80. The van der Waals surface area contributed by atoms with Crippen molar-refractivity contribution >= 4 is 89.7 Å². The molecule has 9 heteroatoms. The Labute approximate surface area is 174 Å².